The van der Waals surface area contributed by atoms with E-state index in [0.717, 1.165) is 10.7 Å². The van der Waals surface area contributed by atoms with Gasteiger partial charge in [0, 0.05) is 12.8 Å². The monoisotopic (exact) mass is 225 g/mol. The molecule has 0 unspecified atom stereocenters. The van der Waals surface area contributed by atoms with E-state index in [9.17, 15) is 4.79 Å². The van der Waals surface area contributed by atoms with Crippen molar-refractivity contribution in [1.29, 1.82) is 0 Å². The number of aryl methyl sites for hydroxylation is 2. The first-order chi connectivity index (χ1) is 7.11. The highest BCUT2D eigenvalue weighted by Gasteiger charge is 2.04. The Morgan fingerprint density at radius 3 is 2.80 bits per heavy atom. The first kappa shape index (κ1) is 12.2. The van der Waals surface area contributed by atoms with Crippen LogP contribution in [0.5, 0.6) is 0 Å². The van der Waals surface area contributed by atoms with Crippen molar-refractivity contribution in [2.75, 3.05) is 19.5 Å². The lowest BCUT2D eigenvalue weighted by Gasteiger charge is -2.03. The fraction of sp³-hybridized carbons (Fsp3) is 0.455. The van der Waals surface area contributed by atoms with Gasteiger partial charge in [-0.05, 0) is 31.5 Å². The summed E-state index contributed by atoms with van der Waals surface area (Å²) in [6.45, 7) is 4.15. The van der Waals surface area contributed by atoms with E-state index in [1.54, 1.807) is 0 Å². The number of pyridine rings is 1. The zero-order valence-corrected chi connectivity index (χ0v) is 10.1. The summed E-state index contributed by atoms with van der Waals surface area (Å²) in [4.78, 5) is 15.5. The molecule has 3 nitrogen and oxygen atoms in total. The lowest BCUT2D eigenvalue weighted by atomic mass is 10.3. The number of hydrogen-bond acceptors (Lipinski definition) is 4. The Kier molecular flexibility index (Phi) is 4.78. The molecule has 0 fully saturated rings. The second-order valence-corrected chi connectivity index (χ2v) is 4.38. The lowest BCUT2D eigenvalue weighted by molar-refractivity contribution is -0.120. The first-order valence-corrected chi connectivity index (χ1v) is 5.69. The molecule has 0 amide bonds. The van der Waals surface area contributed by atoms with Gasteiger partial charge in [-0.15, -0.1) is 0 Å². The lowest BCUT2D eigenvalue weighted by Crippen LogP contribution is -2.09. The molecular weight excluding hydrogens is 210 g/mol. The molecule has 0 bridgehead atoms. The van der Waals surface area contributed by atoms with Gasteiger partial charge in [-0.3, -0.25) is 4.79 Å². The predicted octanol–water partition coefficient (Wildman–Crippen LogP) is 2.01. The molecule has 0 radical (unpaired) electrons. The standard InChI is InChI=1S/C11H15NO2S/c1-8-4-9(2)12-11(5-8)15-7-10(13)6-14-3/h4-5H,6-7H2,1-3H3. The van der Waals surface area contributed by atoms with Crippen molar-refractivity contribution in [2.45, 2.75) is 18.9 Å². The van der Waals surface area contributed by atoms with Gasteiger partial charge in [0.15, 0.2) is 5.78 Å². The summed E-state index contributed by atoms with van der Waals surface area (Å²) in [5.74, 6) is 0.507. The number of methoxy groups -OCH3 is 1. The molecule has 0 aliphatic heterocycles. The van der Waals surface area contributed by atoms with Crippen molar-refractivity contribution in [3.63, 3.8) is 0 Å². The average Bonchev–Trinajstić information content (AvgIpc) is 2.14. The fourth-order valence-corrected chi connectivity index (χ4v) is 2.11. The van der Waals surface area contributed by atoms with Crippen LogP contribution < -0.4 is 0 Å². The molecule has 0 aromatic carbocycles. The Balaban J connectivity index is 2.54. The molecule has 0 aliphatic rings. The maximum Gasteiger partial charge on any atom is 0.168 e. The molecule has 1 rings (SSSR count). The fourth-order valence-electron chi connectivity index (χ4n) is 1.24. The van der Waals surface area contributed by atoms with E-state index in [1.165, 1.54) is 24.4 Å². The minimum atomic E-state index is 0.0865. The first-order valence-electron chi connectivity index (χ1n) is 4.70. The summed E-state index contributed by atoms with van der Waals surface area (Å²) in [6.07, 6.45) is 0. The number of hydrogen-bond donors (Lipinski definition) is 0. The van der Waals surface area contributed by atoms with E-state index < -0.39 is 0 Å². The number of thioether (sulfide) groups is 1. The van der Waals surface area contributed by atoms with E-state index in [1.807, 2.05) is 26.0 Å². The van der Waals surface area contributed by atoms with Crippen molar-refractivity contribution in [2.24, 2.45) is 0 Å². The molecule has 1 heterocycles. The molecule has 0 saturated carbocycles. The second kappa shape index (κ2) is 5.88. The van der Waals surface area contributed by atoms with Gasteiger partial charge in [0.05, 0.1) is 10.8 Å². The number of aromatic nitrogens is 1. The third kappa shape index (κ3) is 4.44. The van der Waals surface area contributed by atoms with Gasteiger partial charge in [-0.1, -0.05) is 11.8 Å². The minimum absolute atomic E-state index is 0.0865. The number of rotatable bonds is 5. The number of ketones is 1. The van der Waals surface area contributed by atoms with Gasteiger partial charge in [0.2, 0.25) is 0 Å². The topological polar surface area (TPSA) is 39.2 Å². The van der Waals surface area contributed by atoms with E-state index in [2.05, 4.69) is 4.98 Å². The zero-order chi connectivity index (χ0) is 11.3. The average molecular weight is 225 g/mol. The number of nitrogens with zero attached hydrogens (tertiary/aromatic N) is 1. The van der Waals surface area contributed by atoms with Gasteiger partial charge < -0.3 is 4.74 Å². The Labute approximate surface area is 94.2 Å². The summed E-state index contributed by atoms with van der Waals surface area (Å²) in [6, 6.07) is 4.00. The second-order valence-electron chi connectivity index (χ2n) is 3.38. The van der Waals surface area contributed by atoms with Crippen LogP contribution in [-0.2, 0) is 9.53 Å². The number of Topliss-reactive ketones (excluding diaryl/α,β-unsaturated/α-hetero) is 1. The van der Waals surface area contributed by atoms with E-state index in [0.29, 0.717) is 5.75 Å². The van der Waals surface area contributed by atoms with Crippen LogP contribution >= 0.6 is 11.8 Å². The highest BCUT2D eigenvalue weighted by molar-refractivity contribution is 7.99. The summed E-state index contributed by atoms with van der Waals surface area (Å²) in [5, 5.41) is 0.900. The van der Waals surface area contributed by atoms with Gasteiger partial charge in [-0.25, -0.2) is 4.98 Å². The summed E-state index contributed by atoms with van der Waals surface area (Å²) in [7, 11) is 1.53. The van der Waals surface area contributed by atoms with Crippen LogP contribution in [0.15, 0.2) is 17.2 Å². The van der Waals surface area contributed by atoms with Gasteiger partial charge >= 0.3 is 0 Å². The van der Waals surface area contributed by atoms with Gasteiger partial charge in [0.1, 0.15) is 6.61 Å². The third-order valence-corrected chi connectivity index (χ3v) is 2.73. The summed E-state index contributed by atoms with van der Waals surface area (Å²) >= 11 is 1.46. The highest BCUT2D eigenvalue weighted by Crippen LogP contribution is 2.17. The molecule has 0 saturated heterocycles. The van der Waals surface area contributed by atoms with Crippen LogP contribution in [0, 0.1) is 13.8 Å². The molecular formula is C11H15NO2S. The Morgan fingerprint density at radius 2 is 2.20 bits per heavy atom. The molecule has 0 aliphatic carbocycles. The Bertz CT molecular complexity index is 332. The van der Waals surface area contributed by atoms with E-state index >= 15 is 0 Å². The SMILES string of the molecule is COCC(=O)CSc1cc(C)cc(C)n1. The van der Waals surface area contributed by atoms with Crippen molar-refractivity contribution in [1.82, 2.24) is 4.98 Å². The zero-order valence-electron chi connectivity index (χ0n) is 9.24. The molecule has 0 atom stereocenters. The van der Waals surface area contributed by atoms with Crippen LogP contribution in [0.25, 0.3) is 0 Å². The maximum absolute atomic E-state index is 11.2. The largest absolute Gasteiger partial charge is 0.377 e. The molecule has 82 valence electrons. The van der Waals surface area contributed by atoms with Gasteiger partial charge in [0.25, 0.3) is 0 Å². The molecule has 0 N–H and O–H groups in total. The van der Waals surface area contributed by atoms with Crippen molar-refractivity contribution < 1.29 is 9.53 Å². The molecule has 0 spiro atoms. The third-order valence-electron chi connectivity index (χ3n) is 1.76. The Hall–Kier alpha value is -0.870. The number of carbonyl (C=O) groups excluding carboxylic acids is 1. The van der Waals surface area contributed by atoms with Crippen LogP contribution in [0.2, 0.25) is 0 Å². The van der Waals surface area contributed by atoms with E-state index in [-0.39, 0.29) is 12.4 Å². The Morgan fingerprint density at radius 1 is 1.47 bits per heavy atom. The highest BCUT2D eigenvalue weighted by atomic mass is 32.2. The van der Waals surface area contributed by atoms with Crippen molar-refractivity contribution >= 4 is 17.5 Å². The predicted molar refractivity (Wildman–Crippen MR) is 61.3 cm³/mol. The quantitative estimate of drug-likeness (QED) is 0.719. The maximum atomic E-state index is 11.2. The normalized spacial score (nSPS) is 10.3. The van der Waals surface area contributed by atoms with Gasteiger partial charge in [-0.2, -0.15) is 0 Å². The van der Waals surface area contributed by atoms with Crippen LogP contribution in [0.4, 0.5) is 0 Å². The van der Waals surface area contributed by atoms with Crippen molar-refractivity contribution in [3.8, 4) is 0 Å². The smallest absolute Gasteiger partial charge is 0.168 e. The summed E-state index contributed by atoms with van der Waals surface area (Å²) in [5.41, 5.74) is 2.15. The molecule has 4 heteroatoms. The number of ether oxygens (including phenoxy) is 1. The van der Waals surface area contributed by atoms with Crippen LogP contribution in [0.3, 0.4) is 0 Å². The molecule has 1 aromatic heterocycles. The van der Waals surface area contributed by atoms with E-state index in [4.69, 9.17) is 4.74 Å². The summed E-state index contributed by atoms with van der Waals surface area (Å²) < 4.78 is 4.76. The van der Waals surface area contributed by atoms with Crippen molar-refractivity contribution in [3.05, 3.63) is 23.4 Å². The number of carbonyl (C=O) groups is 1. The minimum Gasteiger partial charge on any atom is -0.377 e. The van der Waals surface area contributed by atoms with Crippen LogP contribution in [-0.4, -0.2) is 30.2 Å². The van der Waals surface area contributed by atoms with Crippen LogP contribution in [0.1, 0.15) is 11.3 Å². The molecule has 1 aromatic rings. The molecule has 15 heavy (non-hydrogen) atoms.